The van der Waals surface area contributed by atoms with Crippen molar-refractivity contribution in [3.63, 3.8) is 0 Å². The van der Waals surface area contributed by atoms with Crippen LogP contribution in [0.2, 0.25) is 0 Å². The first-order valence-electron chi connectivity index (χ1n) is 10.2. The molecule has 0 aromatic heterocycles. The summed E-state index contributed by atoms with van der Waals surface area (Å²) in [6.07, 6.45) is 1.89. The van der Waals surface area contributed by atoms with Crippen molar-refractivity contribution in [2.75, 3.05) is 39.4 Å². The maximum absolute atomic E-state index is 12.8. The SMILES string of the molecule is CCNCCCOc1ccc2c(c1)C(=O)c1ccc(OCCCNCC)cc1-2. The van der Waals surface area contributed by atoms with E-state index in [2.05, 4.69) is 24.5 Å². The van der Waals surface area contributed by atoms with Crippen LogP contribution in [0.1, 0.15) is 42.6 Å². The number of rotatable bonds is 12. The van der Waals surface area contributed by atoms with Crippen molar-refractivity contribution >= 4 is 5.78 Å². The van der Waals surface area contributed by atoms with E-state index in [1.165, 1.54) is 0 Å². The standard InChI is InChI=1S/C23H30N2O3/c1-3-24-11-5-13-27-17-8-10-20-21(15-17)19-9-7-18(16-22(19)23(20)26)28-14-6-12-25-4-2/h7-10,15-16,24-25H,3-6,11-14H2,1-2H3. The minimum atomic E-state index is 0.0572. The summed E-state index contributed by atoms with van der Waals surface area (Å²) in [5.41, 5.74) is 3.35. The minimum absolute atomic E-state index is 0.0572. The van der Waals surface area contributed by atoms with E-state index in [0.29, 0.717) is 18.8 Å². The van der Waals surface area contributed by atoms with Gasteiger partial charge in [-0.2, -0.15) is 0 Å². The molecule has 2 aromatic rings. The van der Waals surface area contributed by atoms with E-state index in [0.717, 1.165) is 67.2 Å². The largest absolute Gasteiger partial charge is 0.494 e. The Labute approximate surface area is 167 Å². The zero-order chi connectivity index (χ0) is 19.8. The van der Waals surface area contributed by atoms with Crippen molar-refractivity contribution in [2.45, 2.75) is 26.7 Å². The van der Waals surface area contributed by atoms with E-state index in [-0.39, 0.29) is 5.78 Å². The zero-order valence-corrected chi connectivity index (χ0v) is 16.8. The van der Waals surface area contributed by atoms with Crippen molar-refractivity contribution in [3.8, 4) is 22.6 Å². The summed E-state index contributed by atoms with van der Waals surface area (Å²) in [7, 11) is 0. The molecule has 0 fully saturated rings. The van der Waals surface area contributed by atoms with E-state index in [4.69, 9.17) is 9.47 Å². The Balaban J connectivity index is 1.64. The van der Waals surface area contributed by atoms with Gasteiger partial charge in [0.05, 0.1) is 13.2 Å². The number of hydrogen-bond donors (Lipinski definition) is 2. The molecule has 0 heterocycles. The molecule has 5 heteroatoms. The van der Waals surface area contributed by atoms with Gasteiger partial charge in [0.1, 0.15) is 11.5 Å². The summed E-state index contributed by atoms with van der Waals surface area (Å²) in [6.45, 7) is 9.29. The summed E-state index contributed by atoms with van der Waals surface area (Å²) < 4.78 is 11.7. The summed E-state index contributed by atoms with van der Waals surface area (Å²) in [6, 6.07) is 11.5. The van der Waals surface area contributed by atoms with Gasteiger partial charge in [-0.25, -0.2) is 0 Å². The third-order valence-corrected chi connectivity index (χ3v) is 4.79. The highest BCUT2D eigenvalue weighted by atomic mass is 16.5. The second-order valence-electron chi connectivity index (χ2n) is 6.86. The van der Waals surface area contributed by atoms with Crippen LogP contribution in [0.25, 0.3) is 11.1 Å². The Morgan fingerprint density at radius 2 is 1.25 bits per heavy atom. The van der Waals surface area contributed by atoms with Gasteiger partial charge in [0.25, 0.3) is 0 Å². The number of fused-ring (bicyclic) bond motifs is 3. The van der Waals surface area contributed by atoms with E-state index in [1.807, 2.05) is 36.4 Å². The van der Waals surface area contributed by atoms with Gasteiger partial charge in [0, 0.05) is 11.1 Å². The lowest BCUT2D eigenvalue weighted by molar-refractivity contribution is 0.104. The summed E-state index contributed by atoms with van der Waals surface area (Å²) in [5, 5.41) is 6.56. The molecule has 1 aliphatic carbocycles. The molecule has 0 bridgehead atoms. The maximum atomic E-state index is 12.8. The molecule has 0 saturated heterocycles. The summed E-state index contributed by atoms with van der Waals surface area (Å²) >= 11 is 0. The highest BCUT2D eigenvalue weighted by Crippen LogP contribution is 2.40. The van der Waals surface area contributed by atoms with Gasteiger partial charge in [-0.15, -0.1) is 0 Å². The molecule has 5 nitrogen and oxygen atoms in total. The van der Waals surface area contributed by atoms with E-state index < -0.39 is 0 Å². The highest BCUT2D eigenvalue weighted by molar-refractivity contribution is 6.22. The number of hydrogen-bond acceptors (Lipinski definition) is 5. The van der Waals surface area contributed by atoms with Crippen LogP contribution in [0.5, 0.6) is 11.5 Å². The quantitative estimate of drug-likeness (QED) is 0.468. The number of nitrogens with one attached hydrogen (secondary N) is 2. The van der Waals surface area contributed by atoms with Crippen LogP contribution in [-0.4, -0.2) is 45.2 Å². The summed E-state index contributed by atoms with van der Waals surface area (Å²) in [4.78, 5) is 12.8. The van der Waals surface area contributed by atoms with E-state index in [1.54, 1.807) is 0 Å². The van der Waals surface area contributed by atoms with Crippen molar-refractivity contribution in [3.05, 3.63) is 47.5 Å². The number of ketones is 1. The fraction of sp³-hybridized carbons (Fsp3) is 0.435. The average molecular weight is 383 g/mol. The first-order valence-corrected chi connectivity index (χ1v) is 10.2. The van der Waals surface area contributed by atoms with Gasteiger partial charge in [-0.3, -0.25) is 4.79 Å². The molecule has 0 amide bonds. The number of carbonyl (C=O) groups excluding carboxylic acids is 1. The van der Waals surface area contributed by atoms with Gasteiger partial charge in [-0.05, 0) is 86.5 Å². The lowest BCUT2D eigenvalue weighted by Gasteiger charge is -2.09. The normalized spacial score (nSPS) is 12.0. The molecule has 1 aliphatic rings. The predicted octanol–water partition coefficient (Wildman–Crippen LogP) is 3.65. The predicted molar refractivity (Wildman–Crippen MR) is 113 cm³/mol. The Morgan fingerprint density at radius 1 is 0.714 bits per heavy atom. The van der Waals surface area contributed by atoms with Crippen LogP contribution in [0.3, 0.4) is 0 Å². The van der Waals surface area contributed by atoms with Crippen LogP contribution in [0.15, 0.2) is 36.4 Å². The van der Waals surface area contributed by atoms with E-state index in [9.17, 15) is 4.79 Å². The highest BCUT2D eigenvalue weighted by Gasteiger charge is 2.27. The minimum Gasteiger partial charge on any atom is -0.494 e. The molecular weight excluding hydrogens is 352 g/mol. The van der Waals surface area contributed by atoms with Crippen LogP contribution in [0.4, 0.5) is 0 Å². The van der Waals surface area contributed by atoms with Crippen LogP contribution >= 0.6 is 0 Å². The molecular formula is C23H30N2O3. The molecule has 0 aliphatic heterocycles. The topological polar surface area (TPSA) is 59.6 Å². The monoisotopic (exact) mass is 382 g/mol. The number of benzene rings is 2. The second kappa shape index (κ2) is 10.2. The van der Waals surface area contributed by atoms with Gasteiger partial charge < -0.3 is 20.1 Å². The second-order valence-corrected chi connectivity index (χ2v) is 6.86. The lowest BCUT2D eigenvalue weighted by Crippen LogP contribution is -2.16. The number of carbonyl (C=O) groups is 1. The van der Waals surface area contributed by atoms with Crippen molar-refractivity contribution in [1.29, 1.82) is 0 Å². The molecule has 0 unspecified atom stereocenters. The molecule has 2 N–H and O–H groups in total. The van der Waals surface area contributed by atoms with Gasteiger partial charge in [0.2, 0.25) is 0 Å². The van der Waals surface area contributed by atoms with Crippen molar-refractivity contribution < 1.29 is 14.3 Å². The Kier molecular flexibility index (Phi) is 7.46. The van der Waals surface area contributed by atoms with Crippen LogP contribution in [-0.2, 0) is 0 Å². The first-order chi connectivity index (χ1) is 13.7. The van der Waals surface area contributed by atoms with Crippen molar-refractivity contribution in [1.82, 2.24) is 10.6 Å². The molecule has 0 radical (unpaired) electrons. The molecule has 3 rings (SSSR count). The Morgan fingerprint density at radius 3 is 1.82 bits per heavy atom. The molecule has 150 valence electrons. The molecule has 0 saturated carbocycles. The van der Waals surface area contributed by atoms with Gasteiger partial charge in [0.15, 0.2) is 5.78 Å². The van der Waals surface area contributed by atoms with Crippen LogP contribution < -0.4 is 20.1 Å². The lowest BCUT2D eigenvalue weighted by atomic mass is 10.1. The summed E-state index contributed by atoms with van der Waals surface area (Å²) in [5.74, 6) is 1.61. The third kappa shape index (κ3) is 4.91. The smallest absolute Gasteiger partial charge is 0.194 e. The van der Waals surface area contributed by atoms with Gasteiger partial charge in [-0.1, -0.05) is 13.8 Å². The van der Waals surface area contributed by atoms with E-state index >= 15 is 0 Å². The molecule has 0 spiro atoms. The molecule has 28 heavy (non-hydrogen) atoms. The maximum Gasteiger partial charge on any atom is 0.194 e. The fourth-order valence-corrected chi connectivity index (χ4v) is 3.34. The molecule has 2 aromatic carbocycles. The Bertz CT molecular complexity index is 804. The number of ether oxygens (including phenoxy) is 2. The van der Waals surface area contributed by atoms with Crippen molar-refractivity contribution in [2.24, 2.45) is 0 Å². The molecule has 0 atom stereocenters. The van der Waals surface area contributed by atoms with Gasteiger partial charge >= 0.3 is 0 Å². The van der Waals surface area contributed by atoms with Crippen LogP contribution in [0, 0.1) is 0 Å². The third-order valence-electron chi connectivity index (χ3n) is 4.79. The Hall–Kier alpha value is -2.37. The first kappa shape index (κ1) is 20.4. The fourth-order valence-electron chi connectivity index (χ4n) is 3.34. The average Bonchev–Trinajstić information content (AvgIpc) is 2.99. The zero-order valence-electron chi connectivity index (χ0n) is 16.8.